The number of aliphatic carboxylic acids is 1. The minimum atomic E-state index is -1.06. The van der Waals surface area contributed by atoms with E-state index < -0.39 is 17.9 Å². The van der Waals surface area contributed by atoms with E-state index in [1.54, 1.807) is 11.1 Å². The molecule has 0 bridgehead atoms. The molecule has 1 aliphatic carbocycles. The normalized spacial score (nSPS) is 21.8. The van der Waals surface area contributed by atoms with E-state index in [-0.39, 0.29) is 36.6 Å². The number of carbonyl (C=O) groups excluding carboxylic acids is 3. The highest BCUT2D eigenvalue weighted by Gasteiger charge is 2.43. The van der Waals surface area contributed by atoms with E-state index in [0.717, 1.165) is 48.8 Å². The van der Waals surface area contributed by atoms with Gasteiger partial charge in [-0.3, -0.25) is 29.0 Å². The van der Waals surface area contributed by atoms with Crippen LogP contribution in [-0.2, 0) is 19.2 Å². The second-order valence-electron chi connectivity index (χ2n) is 10.9. The number of rotatable bonds is 7. The number of thiazole rings is 1. The van der Waals surface area contributed by atoms with Gasteiger partial charge in [0.15, 0.2) is 5.13 Å². The molecule has 212 valence electrons. The van der Waals surface area contributed by atoms with E-state index in [4.69, 9.17) is 4.98 Å². The zero-order valence-electron chi connectivity index (χ0n) is 22.5. The fourth-order valence-electron chi connectivity index (χ4n) is 6.30. The molecule has 0 spiro atoms. The number of nitrogens with zero attached hydrogens (tertiary/aromatic N) is 4. The van der Waals surface area contributed by atoms with Gasteiger partial charge in [0.1, 0.15) is 12.4 Å². The quantitative estimate of drug-likeness (QED) is 0.435. The lowest BCUT2D eigenvalue weighted by Gasteiger charge is -2.29. The Hall–Kier alpha value is -4.12. The SMILES string of the molecule is O=C(O)C[C@@H]1C(=O)N(c2nc(-c3ccccc3-c3ccc(N4CCCC4=O)nc3)cs2)CC(=O)N[C@@H]1C1CCCC1. The van der Waals surface area contributed by atoms with Crippen molar-refractivity contribution in [2.24, 2.45) is 11.8 Å². The molecular weight excluding hydrogens is 542 g/mol. The van der Waals surface area contributed by atoms with Gasteiger partial charge in [0, 0.05) is 41.7 Å². The summed E-state index contributed by atoms with van der Waals surface area (Å²) in [5.41, 5.74) is 3.22. The lowest BCUT2D eigenvalue weighted by atomic mass is 9.84. The number of carboxylic acids is 1. The van der Waals surface area contributed by atoms with E-state index in [1.807, 2.05) is 41.8 Å². The molecule has 2 aromatic heterocycles. The van der Waals surface area contributed by atoms with Crippen molar-refractivity contribution in [3.8, 4) is 22.4 Å². The first-order valence-electron chi connectivity index (χ1n) is 14.0. The Morgan fingerprint density at radius 1 is 1.02 bits per heavy atom. The zero-order chi connectivity index (χ0) is 28.5. The van der Waals surface area contributed by atoms with E-state index in [0.29, 0.717) is 29.6 Å². The number of hydrogen-bond donors (Lipinski definition) is 2. The topological polar surface area (TPSA) is 133 Å². The first-order valence-corrected chi connectivity index (χ1v) is 14.9. The lowest BCUT2D eigenvalue weighted by Crippen LogP contribution is -2.46. The van der Waals surface area contributed by atoms with Crippen molar-refractivity contribution in [2.45, 2.75) is 51.0 Å². The van der Waals surface area contributed by atoms with Gasteiger partial charge >= 0.3 is 5.97 Å². The number of aromatic nitrogens is 2. The summed E-state index contributed by atoms with van der Waals surface area (Å²) in [6, 6.07) is 11.0. The fourth-order valence-corrected chi connectivity index (χ4v) is 7.13. The average molecular weight is 574 g/mol. The number of carbonyl (C=O) groups is 4. The summed E-state index contributed by atoms with van der Waals surface area (Å²) >= 11 is 1.25. The molecule has 2 N–H and O–H groups in total. The van der Waals surface area contributed by atoms with Gasteiger partial charge in [-0.2, -0.15) is 0 Å². The van der Waals surface area contributed by atoms with Crippen LogP contribution in [0, 0.1) is 11.8 Å². The number of hydrogen-bond acceptors (Lipinski definition) is 7. The maximum Gasteiger partial charge on any atom is 0.304 e. The molecule has 3 aromatic rings. The van der Waals surface area contributed by atoms with Crippen LogP contribution < -0.4 is 15.1 Å². The second kappa shape index (κ2) is 11.4. The number of carboxylic acid groups (broad SMARTS) is 1. The standard InChI is InChI=1S/C30H31N5O5S/c36-25-16-35(29(40)22(14-27(38)39)28(33-25)18-6-1-2-7-18)30-32-23(17-41-30)21-9-4-3-8-20(21)19-11-12-24(31-15-19)34-13-5-10-26(34)37/h3-4,8-9,11-12,15,17-18,22,28H,1-2,5-7,10,13-14,16H2,(H,33,36)(H,38,39)/t22-,28+/m0/s1. The van der Waals surface area contributed by atoms with Gasteiger partial charge in [-0.05, 0) is 42.9 Å². The molecule has 2 aliphatic heterocycles. The van der Waals surface area contributed by atoms with Gasteiger partial charge in [0.05, 0.1) is 18.0 Å². The largest absolute Gasteiger partial charge is 0.481 e. The van der Waals surface area contributed by atoms with Crippen molar-refractivity contribution in [3.05, 3.63) is 48.0 Å². The molecule has 41 heavy (non-hydrogen) atoms. The summed E-state index contributed by atoms with van der Waals surface area (Å²) in [4.78, 5) is 63.0. The van der Waals surface area contributed by atoms with Gasteiger partial charge in [0.25, 0.3) is 0 Å². The first kappa shape index (κ1) is 27.1. The monoisotopic (exact) mass is 573 g/mol. The molecule has 11 heteroatoms. The van der Waals surface area contributed by atoms with E-state index >= 15 is 0 Å². The van der Waals surface area contributed by atoms with Crippen molar-refractivity contribution >= 4 is 46.0 Å². The lowest BCUT2D eigenvalue weighted by molar-refractivity contribution is -0.141. The van der Waals surface area contributed by atoms with Gasteiger partial charge < -0.3 is 10.4 Å². The Morgan fingerprint density at radius 2 is 1.80 bits per heavy atom. The molecule has 4 heterocycles. The van der Waals surface area contributed by atoms with Gasteiger partial charge in [-0.1, -0.05) is 37.1 Å². The summed E-state index contributed by atoms with van der Waals surface area (Å²) in [5.74, 6) is -1.80. The van der Waals surface area contributed by atoms with Crippen LogP contribution in [0.3, 0.4) is 0 Å². The number of anilines is 2. The highest BCUT2D eigenvalue weighted by atomic mass is 32.1. The predicted molar refractivity (Wildman–Crippen MR) is 154 cm³/mol. The van der Waals surface area contributed by atoms with Gasteiger partial charge in [-0.15, -0.1) is 11.3 Å². The zero-order valence-corrected chi connectivity index (χ0v) is 23.3. The molecular formula is C30H31N5O5S. The summed E-state index contributed by atoms with van der Waals surface area (Å²) in [6.07, 6.45) is 6.54. The molecule has 10 nitrogen and oxygen atoms in total. The smallest absolute Gasteiger partial charge is 0.304 e. The van der Waals surface area contributed by atoms with Gasteiger partial charge in [0.2, 0.25) is 17.7 Å². The van der Waals surface area contributed by atoms with E-state index in [9.17, 15) is 24.3 Å². The number of nitrogens with one attached hydrogen (secondary N) is 1. The Balaban J connectivity index is 1.29. The highest BCUT2D eigenvalue weighted by molar-refractivity contribution is 7.14. The van der Waals surface area contributed by atoms with Crippen molar-refractivity contribution in [1.82, 2.24) is 15.3 Å². The Labute approximate surface area is 241 Å². The van der Waals surface area contributed by atoms with Crippen LogP contribution >= 0.6 is 11.3 Å². The van der Waals surface area contributed by atoms with Crippen molar-refractivity contribution in [1.29, 1.82) is 0 Å². The van der Waals surface area contributed by atoms with E-state index in [1.165, 1.54) is 16.2 Å². The molecule has 0 radical (unpaired) electrons. The predicted octanol–water partition coefficient (Wildman–Crippen LogP) is 4.11. The fraction of sp³-hybridized carbons (Fsp3) is 0.400. The number of pyridine rings is 1. The molecule has 3 fully saturated rings. The van der Waals surface area contributed by atoms with Crippen LogP contribution in [0.2, 0.25) is 0 Å². The minimum absolute atomic E-state index is 0.0811. The summed E-state index contributed by atoms with van der Waals surface area (Å²) in [5, 5.41) is 14.8. The number of amides is 3. The van der Waals surface area contributed by atoms with Crippen molar-refractivity contribution in [3.63, 3.8) is 0 Å². The molecule has 2 atom stereocenters. The van der Waals surface area contributed by atoms with Crippen LogP contribution in [0.1, 0.15) is 44.9 Å². The third-order valence-electron chi connectivity index (χ3n) is 8.28. The van der Waals surface area contributed by atoms with E-state index in [2.05, 4.69) is 10.3 Å². The molecule has 1 saturated carbocycles. The van der Waals surface area contributed by atoms with Crippen LogP contribution in [0.15, 0.2) is 48.0 Å². The molecule has 3 amide bonds. The Bertz CT molecular complexity index is 1480. The summed E-state index contributed by atoms with van der Waals surface area (Å²) in [7, 11) is 0. The van der Waals surface area contributed by atoms with Crippen LogP contribution in [0.25, 0.3) is 22.4 Å². The second-order valence-corrected chi connectivity index (χ2v) is 11.7. The Kier molecular flexibility index (Phi) is 7.53. The summed E-state index contributed by atoms with van der Waals surface area (Å²) in [6.45, 7) is 0.471. The third kappa shape index (κ3) is 5.46. The maximum absolute atomic E-state index is 13.8. The van der Waals surface area contributed by atoms with Crippen molar-refractivity contribution in [2.75, 3.05) is 22.9 Å². The Morgan fingerprint density at radius 3 is 2.49 bits per heavy atom. The maximum atomic E-state index is 13.8. The highest BCUT2D eigenvalue weighted by Crippen LogP contribution is 2.38. The molecule has 3 aliphatic rings. The van der Waals surface area contributed by atoms with Crippen LogP contribution in [0.4, 0.5) is 10.9 Å². The van der Waals surface area contributed by atoms with Crippen molar-refractivity contribution < 1.29 is 24.3 Å². The molecule has 0 unspecified atom stereocenters. The third-order valence-corrected chi connectivity index (χ3v) is 9.15. The number of benzene rings is 1. The summed E-state index contributed by atoms with van der Waals surface area (Å²) < 4.78 is 0. The van der Waals surface area contributed by atoms with Crippen LogP contribution in [0.5, 0.6) is 0 Å². The average Bonchev–Trinajstić information content (AvgIpc) is 3.75. The minimum Gasteiger partial charge on any atom is -0.481 e. The molecule has 1 aromatic carbocycles. The first-order chi connectivity index (χ1) is 19.9. The molecule has 6 rings (SSSR count). The van der Waals surface area contributed by atoms with Gasteiger partial charge in [-0.25, -0.2) is 9.97 Å². The van der Waals surface area contributed by atoms with Crippen LogP contribution in [-0.4, -0.2) is 57.9 Å². The molecule has 2 saturated heterocycles.